The summed E-state index contributed by atoms with van der Waals surface area (Å²) in [5.41, 5.74) is 4.02. The minimum Gasteiger partial charge on any atom is -0.378 e. The number of thiazole rings is 1. The molecule has 1 unspecified atom stereocenters. The highest BCUT2D eigenvalue weighted by Gasteiger charge is 2.18. The maximum atomic E-state index is 14.9. The average Bonchev–Trinajstić information content (AvgIpc) is 3.40. The van der Waals surface area contributed by atoms with Gasteiger partial charge >= 0.3 is 0 Å². The number of morpholine rings is 1. The van der Waals surface area contributed by atoms with Gasteiger partial charge in [0.15, 0.2) is 0 Å². The lowest BCUT2D eigenvalue weighted by molar-refractivity contribution is 0.122. The number of ether oxygens (including phenoxy) is 1. The van der Waals surface area contributed by atoms with Crippen LogP contribution in [0.5, 0.6) is 0 Å². The number of benzene rings is 2. The molecule has 0 saturated carbocycles. The maximum Gasteiger partial charge on any atom is 0.132 e. The summed E-state index contributed by atoms with van der Waals surface area (Å²) in [7, 11) is 0. The van der Waals surface area contributed by atoms with Crippen LogP contribution >= 0.6 is 11.3 Å². The molecule has 2 aromatic heterocycles. The molecule has 3 heterocycles. The van der Waals surface area contributed by atoms with Gasteiger partial charge in [-0.25, -0.2) is 19.3 Å². The third kappa shape index (κ3) is 4.49. The molecule has 1 atom stereocenters. The van der Waals surface area contributed by atoms with Crippen LogP contribution in [0.25, 0.3) is 22.2 Å². The van der Waals surface area contributed by atoms with E-state index in [-0.39, 0.29) is 11.7 Å². The lowest BCUT2D eigenvalue weighted by atomic mass is 9.96. The van der Waals surface area contributed by atoms with E-state index in [9.17, 15) is 4.39 Å². The summed E-state index contributed by atoms with van der Waals surface area (Å²) in [4.78, 5) is 15.6. The summed E-state index contributed by atoms with van der Waals surface area (Å²) >= 11 is 1.61. The molecule has 0 spiro atoms. The normalized spacial score (nSPS) is 14.7. The van der Waals surface area contributed by atoms with Crippen molar-refractivity contribution in [3.8, 4) is 11.3 Å². The van der Waals surface area contributed by atoms with Crippen molar-refractivity contribution in [2.24, 2.45) is 0 Å². The van der Waals surface area contributed by atoms with E-state index in [1.54, 1.807) is 17.5 Å². The van der Waals surface area contributed by atoms with Crippen LogP contribution in [-0.2, 0) is 4.74 Å². The summed E-state index contributed by atoms with van der Waals surface area (Å²) in [6.07, 6.45) is 3.31. The van der Waals surface area contributed by atoms with Gasteiger partial charge in [-0.1, -0.05) is 26.8 Å². The molecule has 7 heteroatoms. The van der Waals surface area contributed by atoms with Crippen LogP contribution in [0, 0.1) is 5.82 Å². The molecule has 0 bridgehead atoms. The Morgan fingerprint density at radius 3 is 2.59 bits per heavy atom. The molecule has 1 saturated heterocycles. The minimum absolute atomic E-state index is 0.0883. The van der Waals surface area contributed by atoms with Gasteiger partial charge in [0, 0.05) is 47.2 Å². The van der Waals surface area contributed by atoms with Gasteiger partial charge in [0.1, 0.15) is 12.1 Å². The first-order chi connectivity index (χ1) is 15.7. The molecule has 1 fully saturated rings. The molecular weight excluding hydrogens is 423 g/mol. The Hall–Kier alpha value is -2.90. The molecule has 0 amide bonds. The Labute approximate surface area is 191 Å². The van der Waals surface area contributed by atoms with Gasteiger partial charge in [-0.15, -0.1) is 11.3 Å². The van der Waals surface area contributed by atoms with E-state index in [1.807, 2.05) is 43.5 Å². The predicted molar refractivity (Wildman–Crippen MR) is 129 cm³/mol. The lowest BCUT2D eigenvalue weighted by Crippen LogP contribution is -2.36. The van der Waals surface area contributed by atoms with Crippen molar-refractivity contribution in [3.63, 3.8) is 0 Å². The number of anilines is 1. The summed E-state index contributed by atoms with van der Waals surface area (Å²) in [6.45, 7) is 9.25. The highest BCUT2D eigenvalue weighted by Crippen LogP contribution is 2.34. The summed E-state index contributed by atoms with van der Waals surface area (Å²) in [5, 5.41) is 3.81. The topological polar surface area (TPSA) is 51.1 Å². The molecule has 0 N–H and O–H groups in total. The number of rotatable bonds is 4. The second-order valence-corrected chi connectivity index (χ2v) is 8.28. The van der Waals surface area contributed by atoms with Gasteiger partial charge in [0.05, 0.1) is 29.4 Å². The van der Waals surface area contributed by atoms with Crippen molar-refractivity contribution in [1.29, 1.82) is 0 Å². The number of fused-ring (bicyclic) bond motifs is 1. The third-order valence-electron chi connectivity index (χ3n) is 5.56. The standard InChI is InChI=1S/C23H21FN4OS.C2H6/c1-15(23-25-6-11-30-23)16-2-5-20(24)19(12-16)22-18-4-3-17(13-21(18)26-14-27-22)28-7-9-29-10-8-28;1-2/h2-6,11-15H,7-10H2,1H3;1-2H3. The van der Waals surface area contributed by atoms with Gasteiger partial charge in [-0.3, -0.25) is 0 Å². The fourth-order valence-corrected chi connectivity index (χ4v) is 4.59. The molecule has 4 aromatic rings. The number of hydrogen-bond acceptors (Lipinski definition) is 6. The molecule has 0 radical (unpaired) electrons. The Balaban J connectivity index is 0.00000119. The zero-order valence-electron chi connectivity index (χ0n) is 18.6. The van der Waals surface area contributed by atoms with Crippen LogP contribution in [0.1, 0.15) is 37.3 Å². The molecule has 32 heavy (non-hydrogen) atoms. The van der Waals surface area contributed by atoms with Crippen molar-refractivity contribution in [1.82, 2.24) is 15.0 Å². The highest BCUT2D eigenvalue weighted by molar-refractivity contribution is 7.09. The second kappa shape index (κ2) is 10.1. The highest BCUT2D eigenvalue weighted by atomic mass is 32.1. The Morgan fingerprint density at radius 1 is 1.03 bits per heavy atom. The average molecular weight is 451 g/mol. The largest absolute Gasteiger partial charge is 0.378 e. The van der Waals surface area contributed by atoms with Gasteiger partial charge < -0.3 is 9.64 Å². The first-order valence-corrected chi connectivity index (χ1v) is 11.9. The molecule has 5 rings (SSSR count). The van der Waals surface area contributed by atoms with Crippen LogP contribution in [-0.4, -0.2) is 41.3 Å². The molecule has 2 aromatic carbocycles. The SMILES string of the molecule is CC.CC(c1ccc(F)c(-c2ncnc3cc(N4CCOCC4)ccc23)c1)c1nccs1. The van der Waals surface area contributed by atoms with E-state index < -0.39 is 0 Å². The Kier molecular flexibility index (Phi) is 7.07. The molecule has 1 aliphatic heterocycles. The minimum atomic E-state index is -0.289. The maximum absolute atomic E-state index is 14.9. The van der Waals surface area contributed by atoms with Crippen LogP contribution in [0.3, 0.4) is 0 Å². The Bertz CT molecular complexity index is 1180. The summed E-state index contributed by atoms with van der Waals surface area (Å²) in [6, 6.07) is 11.3. The van der Waals surface area contributed by atoms with Gasteiger partial charge in [-0.2, -0.15) is 0 Å². The Morgan fingerprint density at radius 2 is 1.84 bits per heavy atom. The predicted octanol–water partition coefficient (Wildman–Crippen LogP) is 5.91. The number of halogens is 1. The second-order valence-electron chi connectivity index (χ2n) is 7.35. The van der Waals surface area contributed by atoms with E-state index in [0.29, 0.717) is 11.3 Å². The van der Waals surface area contributed by atoms with Gasteiger partial charge in [0.2, 0.25) is 0 Å². The monoisotopic (exact) mass is 450 g/mol. The van der Waals surface area contributed by atoms with Gasteiger partial charge in [0.25, 0.3) is 0 Å². The van der Waals surface area contributed by atoms with Crippen LogP contribution in [0.15, 0.2) is 54.3 Å². The zero-order valence-corrected chi connectivity index (χ0v) is 19.4. The van der Waals surface area contributed by atoms with E-state index >= 15 is 0 Å². The zero-order chi connectivity index (χ0) is 22.5. The van der Waals surface area contributed by atoms with E-state index in [1.165, 1.54) is 12.4 Å². The molecule has 0 aliphatic carbocycles. The van der Waals surface area contributed by atoms with Crippen molar-refractivity contribution in [2.75, 3.05) is 31.2 Å². The number of hydrogen-bond donors (Lipinski definition) is 0. The van der Waals surface area contributed by atoms with Crippen molar-refractivity contribution < 1.29 is 9.13 Å². The first kappa shape index (κ1) is 22.3. The molecule has 166 valence electrons. The quantitative estimate of drug-likeness (QED) is 0.387. The molecular formula is C25H27FN4OS. The fraction of sp³-hybridized carbons (Fsp3) is 0.320. The summed E-state index contributed by atoms with van der Waals surface area (Å²) < 4.78 is 20.3. The molecule has 5 nitrogen and oxygen atoms in total. The van der Waals surface area contributed by atoms with Crippen molar-refractivity contribution in [2.45, 2.75) is 26.7 Å². The van der Waals surface area contributed by atoms with E-state index in [0.717, 1.165) is 53.5 Å². The van der Waals surface area contributed by atoms with Crippen molar-refractivity contribution >= 4 is 27.9 Å². The van der Waals surface area contributed by atoms with Crippen LogP contribution in [0.4, 0.5) is 10.1 Å². The van der Waals surface area contributed by atoms with Crippen molar-refractivity contribution in [3.05, 3.63) is 70.7 Å². The lowest BCUT2D eigenvalue weighted by Gasteiger charge is -2.29. The van der Waals surface area contributed by atoms with E-state index in [2.05, 4.69) is 32.8 Å². The van der Waals surface area contributed by atoms with Crippen LogP contribution in [0.2, 0.25) is 0 Å². The smallest absolute Gasteiger partial charge is 0.132 e. The summed E-state index contributed by atoms with van der Waals surface area (Å²) in [5.74, 6) is -0.201. The third-order valence-corrected chi connectivity index (χ3v) is 6.52. The number of nitrogens with zero attached hydrogens (tertiary/aromatic N) is 4. The number of aromatic nitrogens is 3. The first-order valence-electron chi connectivity index (χ1n) is 11.0. The van der Waals surface area contributed by atoms with E-state index in [4.69, 9.17) is 4.74 Å². The van der Waals surface area contributed by atoms with Crippen LogP contribution < -0.4 is 4.90 Å². The molecule has 1 aliphatic rings. The fourth-order valence-electron chi connectivity index (χ4n) is 3.86. The van der Waals surface area contributed by atoms with Gasteiger partial charge in [-0.05, 0) is 35.9 Å².